The van der Waals surface area contributed by atoms with Gasteiger partial charge in [-0.1, -0.05) is 45.0 Å². The van der Waals surface area contributed by atoms with E-state index < -0.39 is 12.1 Å². The molecule has 0 aliphatic carbocycles. The van der Waals surface area contributed by atoms with Crippen molar-refractivity contribution in [3.05, 3.63) is 35.4 Å². The summed E-state index contributed by atoms with van der Waals surface area (Å²) in [5.74, 6) is -1.37. The van der Waals surface area contributed by atoms with Crippen LogP contribution in [0.5, 0.6) is 0 Å². The van der Waals surface area contributed by atoms with E-state index in [1.807, 2.05) is 39.0 Å². The lowest BCUT2D eigenvalue weighted by Crippen LogP contribution is -2.43. The molecule has 0 saturated carbocycles. The summed E-state index contributed by atoms with van der Waals surface area (Å²) >= 11 is 0. The quantitative estimate of drug-likeness (QED) is 0.691. The van der Waals surface area contributed by atoms with Gasteiger partial charge in [-0.2, -0.15) is 13.2 Å². The molecule has 0 spiro atoms. The van der Waals surface area contributed by atoms with Gasteiger partial charge in [0.2, 0.25) is 0 Å². The smallest absolute Gasteiger partial charge is 0.311 e. The van der Waals surface area contributed by atoms with Crippen molar-refractivity contribution < 1.29 is 13.2 Å². The lowest BCUT2D eigenvalue weighted by Gasteiger charge is -2.27. The normalized spacial score (nSPS) is 14.7. The standard InChI is InChI=1S/C20H32F3N/c1-18(2,3)11-10-15-8-7-9-16(12-15)13-17(20(21,22)23)14-24-19(4,5)6/h7-9,12,17,24H,10-11,13-14H2,1-6H3/t17-/m0/s1. The highest BCUT2D eigenvalue weighted by molar-refractivity contribution is 5.24. The van der Waals surface area contributed by atoms with Crippen molar-refractivity contribution in [1.82, 2.24) is 5.32 Å². The van der Waals surface area contributed by atoms with E-state index in [0.29, 0.717) is 0 Å². The molecule has 0 amide bonds. The van der Waals surface area contributed by atoms with Crippen molar-refractivity contribution in [2.75, 3.05) is 6.54 Å². The van der Waals surface area contributed by atoms with Crippen LogP contribution < -0.4 is 5.32 Å². The minimum Gasteiger partial charge on any atom is -0.311 e. The van der Waals surface area contributed by atoms with Crippen molar-refractivity contribution in [3.63, 3.8) is 0 Å². The zero-order valence-electron chi connectivity index (χ0n) is 15.8. The van der Waals surface area contributed by atoms with Crippen molar-refractivity contribution in [2.45, 2.75) is 72.5 Å². The summed E-state index contributed by atoms with van der Waals surface area (Å²) in [4.78, 5) is 0. The number of nitrogens with one attached hydrogen (secondary N) is 1. The van der Waals surface area contributed by atoms with Gasteiger partial charge < -0.3 is 5.32 Å². The molecule has 0 heterocycles. The second-order valence-electron chi connectivity index (χ2n) is 8.95. The molecular formula is C20H32F3N. The molecule has 1 atom stereocenters. The van der Waals surface area contributed by atoms with E-state index in [-0.39, 0.29) is 23.9 Å². The minimum atomic E-state index is -4.19. The first-order chi connectivity index (χ1) is 10.8. The summed E-state index contributed by atoms with van der Waals surface area (Å²) in [7, 11) is 0. The van der Waals surface area contributed by atoms with Gasteiger partial charge in [-0.3, -0.25) is 0 Å². The van der Waals surface area contributed by atoms with Crippen molar-refractivity contribution in [3.8, 4) is 0 Å². The zero-order chi connectivity index (χ0) is 18.6. The van der Waals surface area contributed by atoms with Gasteiger partial charge in [0, 0.05) is 12.1 Å². The molecule has 0 bridgehead atoms. The van der Waals surface area contributed by atoms with Gasteiger partial charge in [0.05, 0.1) is 5.92 Å². The third-order valence-electron chi connectivity index (χ3n) is 3.98. The van der Waals surface area contributed by atoms with Crippen LogP contribution in [-0.4, -0.2) is 18.3 Å². The predicted octanol–water partition coefficient (Wildman–Crippen LogP) is 5.77. The number of halogens is 3. The van der Waals surface area contributed by atoms with E-state index in [1.165, 1.54) is 0 Å². The molecule has 1 aromatic carbocycles. The number of hydrogen-bond acceptors (Lipinski definition) is 1. The topological polar surface area (TPSA) is 12.0 Å². The lowest BCUT2D eigenvalue weighted by molar-refractivity contribution is -0.173. The molecule has 0 saturated heterocycles. The highest BCUT2D eigenvalue weighted by Gasteiger charge is 2.39. The number of hydrogen-bond donors (Lipinski definition) is 1. The largest absolute Gasteiger partial charge is 0.393 e. The summed E-state index contributed by atoms with van der Waals surface area (Å²) in [6.07, 6.45) is -2.26. The van der Waals surface area contributed by atoms with Gasteiger partial charge in [-0.15, -0.1) is 0 Å². The first-order valence-electron chi connectivity index (χ1n) is 8.66. The third kappa shape index (κ3) is 8.72. The van der Waals surface area contributed by atoms with Crippen LogP contribution in [0.3, 0.4) is 0 Å². The van der Waals surface area contributed by atoms with E-state index in [1.54, 1.807) is 6.07 Å². The van der Waals surface area contributed by atoms with Crippen LogP contribution in [0, 0.1) is 11.3 Å². The molecule has 1 rings (SSSR count). The zero-order valence-corrected chi connectivity index (χ0v) is 15.8. The molecule has 1 aromatic rings. The summed E-state index contributed by atoms with van der Waals surface area (Å²) in [5, 5.41) is 2.99. The molecule has 24 heavy (non-hydrogen) atoms. The molecular weight excluding hydrogens is 311 g/mol. The molecule has 0 fully saturated rings. The third-order valence-corrected chi connectivity index (χ3v) is 3.98. The predicted molar refractivity (Wildman–Crippen MR) is 95.2 cm³/mol. The van der Waals surface area contributed by atoms with Gasteiger partial charge in [0.1, 0.15) is 0 Å². The van der Waals surface area contributed by atoms with Crippen LogP contribution in [0.4, 0.5) is 13.2 Å². The Balaban J connectivity index is 2.79. The Labute approximate surface area is 145 Å². The average Bonchev–Trinajstić information content (AvgIpc) is 2.38. The van der Waals surface area contributed by atoms with E-state index in [0.717, 1.165) is 24.0 Å². The van der Waals surface area contributed by atoms with E-state index in [2.05, 4.69) is 26.1 Å². The second-order valence-corrected chi connectivity index (χ2v) is 8.95. The Morgan fingerprint density at radius 3 is 2.04 bits per heavy atom. The van der Waals surface area contributed by atoms with Crippen molar-refractivity contribution in [2.24, 2.45) is 11.3 Å². The fraction of sp³-hybridized carbons (Fsp3) is 0.700. The molecule has 0 aliphatic heterocycles. The summed E-state index contributed by atoms with van der Waals surface area (Å²) in [6, 6.07) is 7.61. The van der Waals surface area contributed by atoms with E-state index in [9.17, 15) is 13.2 Å². The number of rotatable bonds is 6. The van der Waals surface area contributed by atoms with Crippen LogP contribution in [0.15, 0.2) is 24.3 Å². The molecule has 1 N–H and O–H groups in total. The summed E-state index contributed by atoms with van der Waals surface area (Å²) in [5.41, 5.74) is 1.78. The van der Waals surface area contributed by atoms with Gasteiger partial charge in [0.25, 0.3) is 0 Å². The first-order valence-corrected chi connectivity index (χ1v) is 8.66. The van der Waals surface area contributed by atoms with E-state index in [4.69, 9.17) is 0 Å². The Morgan fingerprint density at radius 1 is 0.958 bits per heavy atom. The second kappa shape index (κ2) is 7.90. The SMILES string of the molecule is CC(C)(C)CCc1cccc(C[C@@H](CNC(C)(C)C)C(F)(F)F)c1. The lowest BCUT2D eigenvalue weighted by atomic mass is 9.88. The Kier molecular flexibility index (Phi) is 6.92. The highest BCUT2D eigenvalue weighted by atomic mass is 19.4. The van der Waals surface area contributed by atoms with Crippen molar-refractivity contribution >= 4 is 0 Å². The maximum Gasteiger partial charge on any atom is 0.393 e. The van der Waals surface area contributed by atoms with Gasteiger partial charge in [-0.25, -0.2) is 0 Å². The molecule has 0 unspecified atom stereocenters. The molecule has 138 valence electrons. The van der Waals surface area contributed by atoms with Gasteiger partial charge >= 0.3 is 6.18 Å². The monoisotopic (exact) mass is 343 g/mol. The molecule has 0 radical (unpaired) electrons. The highest BCUT2D eigenvalue weighted by Crippen LogP contribution is 2.30. The first kappa shape index (κ1) is 21.0. The number of aryl methyl sites for hydroxylation is 1. The molecule has 1 nitrogen and oxygen atoms in total. The van der Waals surface area contributed by atoms with Crippen LogP contribution in [0.2, 0.25) is 0 Å². The molecule has 0 aliphatic rings. The Hall–Kier alpha value is -1.03. The van der Waals surface area contributed by atoms with Crippen LogP contribution >= 0.6 is 0 Å². The Morgan fingerprint density at radius 2 is 1.54 bits per heavy atom. The van der Waals surface area contributed by atoms with Crippen molar-refractivity contribution in [1.29, 1.82) is 0 Å². The minimum absolute atomic E-state index is 0.0237. The molecule has 0 aromatic heterocycles. The number of benzene rings is 1. The van der Waals surface area contributed by atoms with Gasteiger partial charge in [0.15, 0.2) is 0 Å². The van der Waals surface area contributed by atoms with E-state index >= 15 is 0 Å². The van der Waals surface area contributed by atoms with Crippen LogP contribution in [-0.2, 0) is 12.8 Å². The molecule has 4 heteroatoms. The average molecular weight is 343 g/mol. The fourth-order valence-corrected chi connectivity index (χ4v) is 2.45. The Bertz CT molecular complexity index is 507. The van der Waals surface area contributed by atoms with Crippen LogP contribution in [0.25, 0.3) is 0 Å². The maximum absolute atomic E-state index is 13.3. The summed E-state index contributed by atoms with van der Waals surface area (Å²) < 4.78 is 40.0. The fourth-order valence-electron chi connectivity index (χ4n) is 2.45. The maximum atomic E-state index is 13.3. The van der Waals surface area contributed by atoms with Gasteiger partial charge in [-0.05, 0) is 56.6 Å². The number of alkyl halides is 3. The summed E-state index contributed by atoms with van der Waals surface area (Å²) in [6.45, 7) is 12.1. The van der Waals surface area contributed by atoms with Crippen LogP contribution in [0.1, 0.15) is 59.1 Å².